The SMILES string of the molecule is O=C(N[C@H]1CC[C@@H](C(=O)O)C1)c1cnn(Cc2ccccc2Cl)c1. The third-order valence-electron chi connectivity index (χ3n) is 4.30. The second-order valence-electron chi connectivity index (χ2n) is 6.04. The zero-order chi connectivity index (χ0) is 17.1. The minimum Gasteiger partial charge on any atom is -0.481 e. The molecule has 1 aromatic heterocycles. The lowest BCUT2D eigenvalue weighted by atomic mass is 10.1. The zero-order valence-corrected chi connectivity index (χ0v) is 13.7. The molecule has 0 spiro atoms. The average Bonchev–Trinajstić information content (AvgIpc) is 3.19. The maximum absolute atomic E-state index is 12.3. The highest BCUT2D eigenvalue weighted by Crippen LogP contribution is 2.25. The Morgan fingerprint density at radius 3 is 2.83 bits per heavy atom. The van der Waals surface area contributed by atoms with E-state index in [0.717, 1.165) is 5.56 Å². The lowest BCUT2D eigenvalue weighted by molar-refractivity contribution is -0.141. The lowest BCUT2D eigenvalue weighted by Gasteiger charge is -2.11. The van der Waals surface area contributed by atoms with Gasteiger partial charge in [-0.15, -0.1) is 0 Å². The Hall–Kier alpha value is -2.34. The number of hydrogen-bond acceptors (Lipinski definition) is 3. The molecule has 0 unspecified atom stereocenters. The second kappa shape index (κ2) is 7.05. The molecule has 126 valence electrons. The van der Waals surface area contributed by atoms with E-state index in [1.807, 2.05) is 24.3 Å². The minimum atomic E-state index is -0.792. The van der Waals surface area contributed by atoms with Gasteiger partial charge in [0.25, 0.3) is 5.91 Å². The predicted octanol–water partition coefficient (Wildman–Crippen LogP) is 2.57. The van der Waals surface area contributed by atoms with Crippen LogP contribution < -0.4 is 5.32 Å². The van der Waals surface area contributed by atoms with Gasteiger partial charge in [-0.05, 0) is 30.9 Å². The topological polar surface area (TPSA) is 84.2 Å². The number of nitrogens with one attached hydrogen (secondary N) is 1. The largest absolute Gasteiger partial charge is 0.481 e. The Balaban J connectivity index is 1.60. The summed E-state index contributed by atoms with van der Waals surface area (Å²) in [4.78, 5) is 23.2. The van der Waals surface area contributed by atoms with E-state index in [-0.39, 0.29) is 17.9 Å². The number of carboxylic acid groups (broad SMARTS) is 1. The molecule has 1 aliphatic carbocycles. The van der Waals surface area contributed by atoms with Crippen molar-refractivity contribution in [3.05, 3.63) is 52.8 Å². The van der Waals surface area contributed by atoms with Crippen molar-refractivity contribution in [2.75, 3.05) is 0 Å². The Morgan fingerprint density at radius 1 is 1.33 bits per heavy atom. The summed E-state index contributed by atoms with van der Waals surface area (Å²) in [6, 6.07) is 7.39. The van der Waals surface area contributed by atoms with Crippen molar-refractivity contribution in [2.24, 2.45) is 5.92 Å². The van der Waals surface area contributed by atoms with Crippen molar-refractivity contribution in [1.29, 1.82) is 0 Å². The number of hydrogen-bond donors (Lipinski definition) is 2. The fraction of sp³-hybridized carbons (Fsp3) is 0.353. The first-order chi connectivity index (χ1) is 11.5. The number of carbonyl (C=O) groups is 2. The Kier molecular flexibility index (Phi) is 4.85. The number of aromatic nitrogens is 2. The molecular weight excluding hydrogens is 330 g/mol. The molecule has 3 rings (SSSR count). The third kappa shape index (κ3) is 3.76. The summed E-state index contributed by atoms with van der Waals surface area (Å²) >= 11 is 6.13. The van der Waals surface area contributed by atoms with Gasteiger partial charge in [-0.3, -0.25) is 14.3 Å². The monoisotopic (exact) mass is 347 g/mol. The standard InChI is InChI=1S/C17H18ClN3O3/c18-15-4-2-1-3-12(15)9-21-10-13(8-19-21)16(22)20-14-6-5-11(7-14)17(23)24/h1-4,8,10-11,14H,5-7,9H2,(H,20,22)(H,23,24)/t11-,14+/m1/s1. The van der Waals surface area contributed by atoms with Gasteiger partial charge in [0, 0.05) is 17.3 Å². The first-order valence-electron chi connectivity index (χ1n) is 7.82. The van der Waals surface area contributed by atoms with Crippen LogP contribution in [0, 0.1) is 5.92 Å². The molecule has 0 saturated heterocycles. The van der Waals surface area contributed by atoms with Gasteiger partial charge in [-0.1, -0.05) is 29.8 Å². The van der Waals surface area contributed by atoms with Gasteiger partial charge < -0.3 is 10.4 Å². The number of carboxylic acids is 1. The van der Waals surface area contributed by atoms with E-state index in [2.05, 4.69) is 10.4 Å². The summed E-state index contributed by atoms with van der Waals surface area (Å²) in [7, 11) is 0. The third-order valence-corrected chi connectivity index (χ3v) is 4.67. The maximum atomic E-state index is 12.3. The molecule has 7 heteroatoms. The number of benzene rings is 1. The first kappa shape index (κ1) is 16.5. The lowest BCUT2D eigenvalue weighted by Crippen LogP contribution is -2.33. The predicted molar refractivity (Wildman–Crippen MR) is 89.0 cm³/mol. The fourth-order valence-electron chi connectivity index (χ4n) is 2.97. The van der Waals surface area contributed by atoms with E-state index in [0.29, 0.717) is 36.4 Å². The van der Waals surface area contributed by atoms with E-state index >= 15 is 0 Å². The van der Waals surface area contributed by atoms with Crippen LogP contribution in [0.1, 0.15) is 35.2 Å². The summed E-state index contributed by atoms with van der Waals surface area (Å²) in [6.07, 6.45) is 4.95. The number of halogens is 1. The highest BCUT2D eigenvalue weighted by atomic mass is 35.5. The van der Waals surface area contributed by atoms with Gasteiger partial charge in [0.1, 0.15) is 0 Å². The number of carbonyl (C=O) groups excluding carboxylic acids is 1. The molecule has 2 atom stereocenters. The van der Waals surface area contributed by atoms with Crippen LogP contribution in [0.5, 0.6) is 0 Å². The highest BCUT2D eigenvalue weighted by Gasteiger charge is 2.30. The summed E-state index contributed by atoms with van der Waals surface area (Å²) in [5.41, 5.74) is 1.38. The van der Waals surface area contributed by atoms with Crippen LogP contribution in [0.25, 0.3) is 0 Å². The number of amides is 1. The van der Waals surface area contributed by atoms with E-state index in [4.69, 9.17) is 16.7 Å². The van der Waals surface area contributed by atoms with Gasteiger partial charge >= 0.3 is 5.97 Å². The molecule has 24 heavy (non-hydrogen) atoms. The number of aliphatic carboxylic acids is 1. The molecule has 1 aromatic carbocycles. The van der Waals surface area contributed by atoms with Crippen molar-refractivity contribution in [1.82, 2.24) is 15.1 Å². The Bertz CT molecular complexity index is 759. The van der Waals surface area contributed by atoms with Gasteiger partial charge in [-0.25, -0.2) is 0 Å². The van der Waals surface area contributed by atoms with E-state index in [1.165, 1.54) is 6.20 Å². The molecule has 1 heterocycles. The molecule has 1 aliphatic rings. The maximum Gasteiger partial charge on any atom is 0.306 e. The Morgan fingerprint density at radius 2 is 2.12 bits per heavy atom. The molecule has 2 aromatic rings. The van der Waals surface area contributed by atoms with Crippen molar-refractivity contribution in [3.63, 3.8) is 0 Å². The quantitative estimate of drug-likeness (QED) is 0.870. The average molecular weight is 348 g/mol. The van der Waals surface area contributed by atoms with Crippen LogP contribution in [0.3, 0.4) is 0 Å². The summed E-state index contributed by atoms with van der Waals surface area (Å²) in [5.74, 6) is -1.38. The van der Waals surface area contributed by atoms with Gasteiger partial charge in [0.2, 0.25) is 0 Å². The van der Waals surface area contributed by atoms with Crippen LogP contribution in [-0.4, -0.2) is 32.8 Å². The number of rotatable bonds is 5. The van der Waals surface area contributed by atoms with E-state index in [1.54, 1.807) is 10.9 Å². The molecule has 2 N–H and O–H groups in total. The first-order valence-corrected chi connectivity index (χ1v) is 8.20. The van der Waals surface area contributed by atoms with Gasteiger partial charge in [0.05, 0.1) is 24.2 Å². The van der Waals surface area contributed by atoms with E-state index < -0.39 is 5.97 Å². The second-order valence-corrected chi connectivity index (χ2v) is 6.44. The molecule has 1 amide bonds. The molecule has 0 aliphatic heterocycles. The van der Waals surface area contributed by atoms with Crippen molar-refractivity contribution < 1.29 is 14.7 Å². The van der Waals surface area contributed by atoms with Crippen LogP contribution in [0.15, 0.2) is 36.7 Å². The highest BCUT2D eigenvalue weighted by molar-refractivity contribution is 6.31. The van der Waals surface area contributed by atoms with Crippen molar-refractivity contribution >= 4 is 23.5 Å². The molecule has 0 bridgehead atoms. The summed E-state index contributed by atoms with van der Waals surface area (Å²) in [6.45, 7) is 0.484. The molecule has 6 nitrogen and oxygen atoms in total. The summed E-state index contributed by atoms with van der Waals surface area (Å²) < 4.78 is 1.66. The molecule has 0 radical (unpaired) electrons. The fourth-order valence-corrected chi connectivity index (χ4v) is 3.17. The molecule has 1 saturated carbocycles. The zero-order valence-electron chi connectivity index (χ0n) is 13.0. The van der Waals surface area contributed by atoms with Crippen LogP contribution in [-0.2, 0) is 11.3 Å². The van der Waals surface area contributed by atoms with Crippen LogP contribution in [0.2, 0.25) is 5.02 Å². The molecule has 1 fully saturated rings. The van der Waals surface area contributed by atoms with E-state index in [9.17, 15) is 9.59 Å². The smallest absolute Gasteiger partial charge is 0.306 e. The Labute approximate surface area is 144 Å². The van der Waals surface area contributed by atoms with Crippen molar-refractivity contribution in [2.45, 2.75) is 31.8 Å². The number of nitrogens with zero attached hydrogens (tertiary/aromatic N) is 2. The normalized spacial score (nSPS) is 20.0. The van der Waals surface area contributed by atoms with Crippen LogP contribution in [0.4, 0.5) is 0 Å². The minimum absolute atomic E-state index is 0.0921. The van der Waals surface area contributed by atoms with Crippen LogP contribution >= 0.6 is 11.6 Å². The van der Waals surface area contributed by atoms with Gasteiger partial charge in [0.15, 0.2) is 0 Å². The summed E-state index contributed by atoms with van der Waals surface area (Å²) in [5, 5.41) is 16.7. The van der Waals surface area contributed by atoms with Crippen molar-refractivity contribution in [3.8, 4) is 0 Å². The van der Waals surface area contributed by atoms with Gasteiger partial charge in [-0.2, -0.15) is 5.10 Å². The molecular formula is C17H18ClN3O3.